The van der Waals surface area contributed by atoms with Gasteiger partial charge in [-0.3, -0.25) is 0 Å². The molecule has 1 aromatic heterocycles. The van der Waals surface area contributed by atoms with Gasteiger partial charge in [0.2, 0.25) is 5.88 Å². The van der Waals surface area contributed by atoms with E-state index in [1.807, 2.05) is 12.1 Å². The van der Waals surface area contributed by atoms with Crippen LogP contribution in [-0.2, 0) is 6.42 Å². The van der Waals surface area contributed by atoms with Crippen molar-refractivity contribution in [2.24, 2.45) is 0 Å². The van der Waals surface area contributed by atoms with E-state index in [0.717, 1.165) is 12.2 Å². The zero-order valence-electron chi connectivity index (χ0n) is 11.2. The lowest BCUT2D eigenvalue weighted by atomic mass is 10.1. The van der Waals surface area contributed by atoms with Crippen LogP contribution in [-0.4, -0.2) is 9.97 Å². The van der Waals surface area contributed by atoms with Crippen LogP contribution in [0.2, 0.25) is 5.15 Å². The quantitative estimate of drug-likeness (QED) is 0.750. The van der Waals surface area contributed by atoms with E-state index in [9.17, 15) is 0 Å². The molecule has 3 nitrogen and oxygen atoms in total. The van der Waals surface area contributed by atoms with Crippen LogP contribution in [0.4, 0.5) is 0 Å². The summed E-state index contributed by atoms with van der Waals surface area (Å²) in [5, 5.41) is 0.391. The second-order valence-corrected chi connectivity index (χ2v) is 4.81. The maximum Gasteiger partial charge on any atom is 0.224 e. The fraction of sp³-hybridized carbons (Fsp3) is 0.333. The lowest BCUT2D eigenvalue weighted by molar-refractivity contribution is 0.459. The normalized spacial score (nSPS) is 10.5. The highest BCUT2D eigenvalue weighted by Gasteiger charge is 2.03. The molecule has 100 valence electrons. The van der Waals surface area contributed by atoms with Gasteiger partial charge in [-0.15, -0.1) is 0 Å². The van der Waals surface area contributed by atoms with E-state index in [2.05, 4.69) is 29.0 Å². The molecule has 0 radical (unpaired) electrons. The van der Waals surface area contributed by atoms with Gasteiger partial charge >= 0.3 is 0 Å². The first-order valence-electron chi connectivity index (χ1n) is 6.45. The van der Waals surface area contributed by atoms with Crippen LogP contribution >= 0.6 is 11.6 Å². The van der Waals surface area contributed by atoms with Gasteiger partial charge in [-0.2, -0.15) is 4.98 Å². The van der Waals surface area contributed by atoms with Gasteiger partial charge in [-0.1, -0.05) is 37.1 Å². The Hall–Kier alpha value is -1.61. The molecule has 1 aromatic carbocycles. The highest BCUT2D eigenvalue weighted by molar-refractivity contribution is 6.29. The first kappa shape index (κ1) is 13.8. The van der Waals surface area contributed by atoms with E-state index in [0.29, 0.717) is 16.9 Å². The molecule has 2 rings (SSSR count). The van der Waals surface area contributed by atoms with Crippen LogP contribution in [0.25, 0.3) is 0 Å². The fourth-order valence-corrected chi connectivity index (χ4v) is 2.00. The standard InChI is InChI=1S/C15H17ClN2O/c1-3-4-5-12-6-8-13(9-7-12)19-15-10-14(16)17-11(2)18-15/h6-10H,3-5H2,1-2H3. The fourth-order valence-electron chi connectivity index (χ4n) is 1.78. The highest BCUT2D eigenvalue weighted by Crippen LogP contribution is 2.22. The van der Waals surface area contributed by atoms with Crippen molar-refractivity contribution in [1.29, 1.82) is 0 Å². The minimum absolute atomic E-state index is 0.391. The minimum atomic E-state index is 0.391. The first-order chi connectivity index (χ1) is 9.17. The van der Waals surface area contributed by atoms with Gasteiger partial charge in [-0.05, 0) is 37.5 Å². The van der Waals surface area contributed by atoms with E-state index in [-0.39, 0.29) is 0 Å². The largest absolute Gasteiger partial charge is 0.439 e. The average molecular weight is 277 g/mol. The second-order valence-electron chi connectivity index (χ2n) is 4.43. The van der Waals surface area contributed by atoms with Crippen LogP contribution in [0.5, 0.6) is 11.6 Å². The zero-order valence-corrected chi connectivity index (χ0v) is 11.9. The molecule has 0 N–H and O–H groups in total. The van der Waals surface area contributed by atoms with E-state index >= 15 is 0 Å². The lowest BCUT2D eigenvalue weighted by Gasteiger charge is -2.06. The number of halogens is 1. The molecule has 0 aliphatic rings. The summed E-state index contributed by atoms with van der Waals surface area (Å²) < 4.78 is 5.66. The van der Waals surface area contributed by atoms with Gasteiger partial charge in [-0.25, -0.2) is 4.98 Å². The number of aromatic nitrogens is 2. The SMILES string of the molecule is CCCCc1ccc(Oc2cc(Cl)nc(C)n2)cc1. The Balaban J connectivity index is 2.06. The molecule has 0 spiro atoms. The predicted molar refractivity (Wildman–Crippen MR) is 76.9 cm³/mol. The molecular weight excluding hydrogens is 260 g/mol. The third-order valence-electron chi connectivity index (χ3n) is 2.75. The van der Waals surface area contributed by atoms with Crippen LogP contribution in [0.15, 0.2) is 30.3 Å². The predicted octanol–water partition coefficient (Wildman–Crippen LogP) is 4.57. The van der Waals surface area contributed by atoms with Crippen LogP contribution in [0.1, 0.15) is 31.2 Å². The number of benzene rings is 1. The summed E-state index contributed by atoms with van der Waals surface area (Å²) in [5.41, 5.74) is 1.33. The summed E-state index contributed by atoms with van der Waals surface area (Å²) in [4.78, 5) is 8.18. The van der Waals surface area contributed by atoms with Crippen molar-refractivity contribution >= 4 is 11.6 Å². The molecule has 0 saturated heterocycles. The van der Waals surface area contributed by atoms with Crippen molar-refractivity contribution in [1.82, 2.24) is 9.97 Å². The zero-order chi connectivity index (χ0) is 13.7. The molecule has 0 saturated carbocycles. The number of hydrogen-bond donors (Lipinski definition) is 0. The smallest absolute Gasteiger partial charge is 0.224 e. The molecule has 0 amide bonds. The Kier molecular flexibility index (Phi) is 4.74. The molecule has 0 atom stereocenters. The topological polar surface area (TPSA) is 35.0 Å². The Labute approximate surface area is 118 Å². The molecular formula is C15H17ClN2O. The average Bonchev–Trinajstić information content (AvgIpc) is 2.37. The maximum absolute atomic E-state index is 5.87. The number of aryl methyl sites for hydroxylation is 2. The van der Waals surface area contributed by atoms with Gasteiger partial charge in [0.05, 0.1) is 0 Å². The third kappa shape index (κ3) is 4.21. The monoisotopic (exact) mass is 276 g/mol. The molecule has 0 aliphatic heterocycles. The number of rotatable bonds is 5. The Morgan fingerprint density at radius 2 is 1.89 bits per heavy atom. The van der Waals surface area contributed by atoms with Crippen molar-refractivity contribution in [2.75, 3.05) is 0 Å². The minimum Gasteiger partial charge on any atom is -0.439 e. The van der Waals surface area contributed by atoms with Crippen molar-refractivity contribution in [3.05, 3.63) is 46.9 Å². The van der Waals surface area contributed by atoms with Gasteiger partial charge in [0, 0.05) is 6.07 Å². The van der Waals surface area contributed by atoms with E-state index in [1.165, 1.54) is 18.4 Å². The molecule has 0 aliphatic carbocycles. The number of unbranched alkanes of at least 4 members (excludes halogenated alkanes) is 1. The van der Waals surface area contributed by atoms with E-state index < -0.39 is 0 Å². The number of ether oxygens (including phenoxy) is 1. The van der Waals surface area contributed by atoms with Crippen molar-refractivity contribution < 1.29 is 4.74 Å². The summed E-state index contributed by atoms with van der Waals surface area (Å²) in [6, 6.07) is 9.69. The maximum atomic E-state index is 5.87. The second kappa shape index (κ2) is 6.53. The Morgan fingerprint density at radius 1 is 1.16 bits per heavy atom. The summed E-state index contributed by atoms with van der Waals surface area (Å²) in [6.07, 6.45) is 3.52. The van der Waals surface area contributed by atoms with Crippen molar-refractivity contribution in [2.45, 2.75) is 33.1 Å². The summed E-state index contributed by atoms with van der Waals surface area (Å²) in [5.74, 6) is 1.83. The molecule has 1 heterocycles. The summed E-state index contributed by atoms with van der Waals surface area (Å²) in [7, 11) is 0. The Morgan fingerprint density at radius 3 is 2.53 bits per heavy atom. The van der Waals surface area contributed by atoms with Crippen LogP contribution < -0.4 is 4.74 Å². The number of hydrogen-bond acceptors (Lipinski definition) is 3. The summed E-state index contributed by atoms with van der Waals surface area (Å²) in [6.45, 7) is 3.98. The lowest BCUT2D eigenvalue weighted by Crippen LogP contribution is -1.93. The Bertz CT molecular complexity index is 520. The van der Waals surface area contributed by atoms with Gasteiger partial charge in [0.1, 0.15) is 16.7 Å². The van der Waals surface area contributed by atoms with Gasteiger partial charge in [0.25, 0.3) is 0 Å². The van der Waals surface area contributed by atoms with Crippen LogP contribution in [0.3, 0.4) is 0 Å². The molecule has 2 aromatic rings. The van der Waals surface area contributed by atoms with E-state index in [1.54, 1.807) is 13.0 Å². The third-order valence-corrected chi connectivity index (χ3v) is 2.94. The molecule has 0 bridgehead atoms. The molecule has 0 unspecified atom stereocenters. The van der Waals surface area contributed by atoms with E-state index in [4.69, 9.17) is 16.3 Å². The van der Waals surface area contributed by atoms with Gasteiger partial charge in [0.15, 0.2) is 0 Å². The van der Waals surface area contributed by atoms with Crippen molar-refractivity contribution in [3.8, 4) is 11.6 Å². The van der Waals surface area contributed by atoms with Crippen LogP contribution in [0, 0.1) is 6.92 Å². The van der Waals surface area contributed by atoms with Crippen molar-refractivity contribution in [3.63, 3.8) is 0 Å². The molecule has 0 fully saturated rings. The molecule has 19 heavy (non-hydrogen) atoms. The number of nitrogens with zero attached hydrogens (tertiary/aromatic N) is 2. The summed E-state index contributed by atoms with van der Waals surface area (Å²) >= 11 is 5.87. The highest BCUT2D eigenvalue weighted by atomic mass is 35.5. The molecule has 4 heteroatoms. The first-order valence-corrected chi connectivity index (χ1v) is 6.83. The van der Waals surface area contributed by atoms with Gasteiger partial charge < -0.3 is 4.74 Å².